The molecule has 1 atom stereocenters. The summed E-state index contributed by atoms with van der Waals surface area (Å²) in [6.45, 7) is 1.32. The van der Waals surface area contributed by atoms with E-state index in [0.717, 1.165) is 0 Å². The maximum absolute atomic E-state index is 12.1. The summed E-state index contributed by atoms with van der Waals surface area (Å²) in [5.41, 5.74) is 1.15. The van der Waals surface area contributed by atoms with Crippen LogP contribution in [0.15, 0.2) is 12.1 Å². The molecule has 1 aliphatic rings. The van der Waals surface area contributed by atoms with Gasteiger partial charge in [-0.2, -0.15) is 0 Å². The van der Waals surface area contributed by atoms with E-state index in [1.54, 1.807) is 19.1 Å². The molecule has 9 nitrogen and oxygen atoms in total. The number of nitrogens with zero attached hydrogens (tertiary/aromatic N) is 1. The van der Waals surface area contributed by atoms with Gasteiger partial charge >= 0.3 is 0 Å². The number of fused-ring (bicyclic) bond motifs is 1. The van der Waals surface area contributed by atoms with Gasteiger partial charge in [-0.15, -0.1) is 10.1 Å². The first kappa shape index (κ1) is 17.7. The Balaban J connectivity index is 2.04. The maximum atomic E-state index is 12.1. The fourth-order valence-corrected chi connectivity index (χ4v) is 2.20. The topological polar surface area (TPSA) is 114 Å². The minimum absolute atomic E-state index is 0.144. The molecule has 2 rings (SSSR count). The monoisotopic (exact) mass is 339 g/mol. The average molecular weight is 339 g/mol. The van der Waals surface area contributed by atoms with E-state index in [4.69, 9.17) is 14.2 Å². The van der Waals surface area contributed by atoms with Gasteiger partial charge in [0.15, 0.2) is 23.1 Å². The number of hydrogen-bond acceptors (Lipinski definition) is 8. The number of methoxy groups -OCH3 is 1. The number of rotatable bonds is 8. The molecule has 0 saturated heterocycles. The average Bonchev–Trinajstić information content (AvgIpc) is 2.55. The molecule has 24 heavy (non-hydrogen) atoms. The van der Waals surface area contributed by atoms with E-state index in [-0.39, 0.29) is 37.8 Å². The van der Waals surface area contributed by atoms with Gasteiger partial charge in [-0.05, 0) is 24.6 Å². The Bertz CT molecular complexity index is 657. The number of ketones is 2. The second-order valence-corrected chi connectivity index (χ2v) is 5.11. The van der Waals surface area contributed by atoms with Crippen molar-refractivity contribution in [1.29, 1.82) is 0 Å². The van der Waals surface area contributed by atoms with E-state index < -0.39 is 11.2 Å². The van der Waals surface area contributed by atoms with Crippen LogP contribution in [0.25, 0.3) is 0 Å². The first-order valence-electron chi connectivity index (χ1n) is 7.21. The quantitative estimate of drug-likeness (QED) is 0.515. The van der Waals surface area contributed by atoms with Gasteiger partial charge in [-0.1, -0.05) is 0 Å². The Labute approximate surface area is 137 Å². The zero-order chi connectivity index (χ0) is 17.7. The molecule has 1 aliphatic heterocycles. The summed E-state index contributed by atoms with van der Waals surface area (Å²) in [5.74, 6) is 0.114. The van der Waals surface area contributed by atoms with Crippen LogP contribution in [0, 0.1) is 10.1 Å². The first-order chi connectivity index (χ1) is 11.4. The molecule has 0 radical (unpaired) electrons. The second-order valence-electron chi connectivity index (χ2n) is 5.11. The van der Waals surface area contributed by atoms with Crippen LogP contribution < -0.4 is 9.47 Å². The molecular weight excluding hydrogens is 322 g/mol. The van der Waals surface area contributed by atoms with Crippen molar-refractivity contribution in [2.24, 2.45) is 0 Å². The number of Topliss-reactive ketones (excluding diaryl/α,β-unsaturated/α-hetero) is 2. The number of hydrogen-bond donors (Lipinski definition) is 0. The van der Waals surface area contributed by atoms with Crippen LogP contribution in [0.4, 0.5) is 0 Å². The zero-order valence-electron chi connectivity index (χ0n) is 13.3. The Morgan fingerprint density at radius 3 is 2.83 bits per heavy atom. The van der Waals surface area contributed by atoms with Crippen LogP contribution in [0.2, 0.25) is 0 Å². The van der Waals surface area contributed by atoms with Gasteiger partial charge in [-0.3, -0.25) is 9.59 Å². The standard InChI is InChI=1S/C15H17NO8/c1-9-15(18)12-6-13(21-2)14(5-10(12)7-22-9)23-8-11(17)3-4-24-16(19)20/h5-6,9H,3-4,7-8H2,1-2H3. The molecule has 0 fully saturated rings. The van der Waals surface area contributed by atoms with E-state index in [1.807, 2.05) is 0 Å². The minimum atomic E-state index is -0.960. The van der Waals surface area contributed by atoms with Crippen molar-refractivity contribution in [3.05, 3.63) is 33.4 Å². The molecule has 1 aromatic carbocycles. The molecule has 1 aromatic rings. The summed E-state index contributed by atoms with van der Waals surface area (Å²) in [7, 11) is 1.43. The van der Waals surface area contributed by atoms with Gasteiger partial charge in [0.25, 0.3) is 5.09 Å². The van der Waals surface area contributed by atoms with Gasteiger partial charge in [0.05, 0.1) is 13.7 Å². The van der Waals surface area contributed by atoms with Crippen molar-refractivity contribution in [2.45, 2.75) is 26.1 Å². The van der Waals surface area contributed by atoms with Gasteiger partial charge in [0, 0.05) is 12.0 Å². The van der Waals surface area contributed by atoms with E-state index in [0.29, 0.717) is 22.6 Å². The molecule has 0 bridgehead atoms. The lowest BCUT2D eigenvalue weighted by molar-refractivity contribution is -0.757. The summed E-state index contributed by atoms with van der Waals surface area (Å²) in [4.78, 5) is 37.8. The maximum Gasteiger partial charge on any atom is 0.294 e. The largest absolute Gasteiger partial charge is 0.493 e. The molecule has 9 heteroatoms. The number of ether oxygens (including phenoxy) is 3. The normalized spacial score (nSPS) is 16.2. The van der Waals surface area contributed by atoms with Crippen molar-refractivity contribution in [3.63, 3.8) is 0 Å². The fourth-order valence-electron chi connectivity index (χ4n) is 2.20. The summed E-state index contributed by atoms with van der Waals surface area (Å²) < 4.78 is 16.0. The van der Waals surface area contributed by atoms with E-state index in [9.17, 15) is 19.7 Å². The van der Waals surface area contributed by atoms with Crippen LogP contribution >= 0.6 is 0 Å². The fraction of sp³-hybridized carbons (Fsp3) is 0.467. The highest BCUT2D eigenvalue weighted by Gasteiger charge is 2.26. The highest BCUT2D eigenvalue weighted by molar-refractivity contribution is 6.01. The lowest BCUT2D eigenvalue weighted by Gasteiger charge is -2.23. The molecule has 0 N–H and O–H groups in total. The SMILES string of the molecule is COc1cc2c(cc1OCC(=O)CCO[N+](=O)[O-])COC(C)C2=O. The van der Waals surface area contributed by atoms with Gasteiger partial charge in [0.2, 0.25) is 0 Å². The van der Waals surface area contributed by atoms with Crippen molar-refractivity contribution in [1.82, 2.24) is 0 Å². The zero-order valence-corrected chi connectivity index (χ0v) is 13.3. The van der Waals surface area contributed by atoms with Gasteiger partial charge < -0.3 is 19.0 Å². The minimum Gasteiger partial charge on any atom is -0.493 e. The highest BCUT2D eigenvalue weighted by Crippen LogP contribution is 2.34. The number of carbonyl (C=O) groups is 2. The molecule has 0 amide bonds. The van der Waals surface area contributed by atoms with Crippen LogP contribution in [-0.4, -0.2) is 43.1 Å². The lowest BCUT2D eigenvalue weighted by atomic mass is 9.97. The van der Waals surface area contributed by atoms with E-state index in [2.05, 4.69) is 4.84 Å². The van der Waals surface area contributed by atoms with Gasteiger partial charge in [-0.25, -0.2) is 0 Å². The summed E-state index contributed by atoms with van der Waals surface area (Å²) >= 11 is 0. The summed E-state index contributed by atoms with van der Waals surface area (Å²) in [6, 6.07) is 3.16. The number of carbonyl (C=O) groups excluding carboxylic acids is 2. The van der Waals surface area contributed by atoms with E-state index in [1.165, 1.54) is 7.11 Å². The molecule has 1 unspecified atom stereocenters. The van der Waals surface area contributed by atoms with Crippen molar-refractivity contribution < 1.29 is 33.7 Å². The predicted octanol–water partition coefficient (Wildman–Crippen LogP) is 1.34. The molecule has 0 saturated carbocycles. The van der Waals surface area contributed by atoms with Crippen molar-refractivity contribution >= 4 is 11.6 Å². The van der Waals surface area contributed by atoms with Crippen LogP contribution in [0.3, 0.4) is 0 Å². The Kier molecular flexibility index (Phi) is 5.69. The Hall–Kier alpha value is -2.68. The van der Waals surface area contributed by atoms with Crippen LogP contribution in [0.1, 0.15) is 29.3 Å². The van der Waals surface area contributed by atoms with Crippen molar-refractivity contribution in [2.75, 3.05) is 20.3 Å². The Morgan fingerprint density at radius 1 is 1.42 bits per heavy atom. The lowest BCUT2D eigenvalue weighted by Crippen LogP contribution is -2.27. The molecular formula is C15H17NO8. The highest BCUT2D eigenvalue weighted by atomic mass is 16.9. The third-order valence-corrected chi connectivity index (χ3v) is 3.48. The third kappa shape index (κ3) is 4.19. The van der Waals surface area contributed by atoms with E-state index >= 15 is 0 Å². The van der Waals surface area contributed by atoms with Crippen molar-refractivity contribution in [3.8, 4) is 11.5 Å². The second kappa shape index (κ2) is 7.73. The molecule has 130 valence electrons. The molecule has 0 aliphatic carbocycles. The molecule has 0 aromatic heterocycles. The Morgan fingerprint density at radius 2 is 2.17 bits per heavy atom. The third-order valence-electron chi connectivity index (χ3n) is 3.48. The smallest absolute Gasteiger partial charge is 0.294 e. The molecule has 1 heterocycles. The van der Waals surface area contributed by atoms with Crippen LogP contribution in [-0.2, 0) is 21.0 Å². The summed E-state index contributed by atoms with van der Waals surface area (Å²) in [6.07, 6.45) is -0.662. The summed E-state index contributed by atoms with van der Waals surface area (Å²) in [5, 5.41) is 9.05. The predicted molar refractivity (Wildman–Crippen MR) is 79.6 cm³/mol. The van der Waals surface area contributed by atoms with Crippen LogP contribution in [0.5, 0.6) is 11.5 Å². The molecule has 0 spiro atoms. The number of benzene rings is 1. The van der Waals surface area contributed by atoms with Gasteiger partial charge in [0.1, 0.15) is 19.3 Å². The first-order valence-corrected chi connectivity index (χ1v) is 7.21.